The van der Waals surface area contributed by atoms with E-state index in [9.17, 15) is 0 Å². The zero-order valence-electron chi connectivity index (χ0n) is 17.5. The Bertz CT molecular complexity index is 1710. The van der Waals surface area contributed by atoms with Crippen molar-refractivity contribution in [3.8, 4) is 22.3 Å². The normalized spacial score (nSPS) is 11.8. The van der Waals surface area contributed by atoms with Crippen LogP contribution in [0.1, 0.15) is 0 Å². The third-order valence-electron chi connectivity index (χ3n) is 6.39. The molecule has 0 saturated heterocycles. The second-order valence-corrected chi connectivity index (χ2v) is 9.31. The molecule has 7 aromatic rings. The van der Waals surface area contributed by atoms with Crippen LogP contribution in [0.25, 0.3) is 66.1 Å². The maximum atomic E-state index is 6.33. The molecule has 3 heteroatoms. The van der Waals surface area contributed by atoms with Crippen molar-refractivity contribution in [2.75, 3.05) is 0 Å². The van der Waals surface area contributed by atoms with Gasteiger partial charge in [-0.1, -0.05) is 91.0 Å². The van der Waals surface area contributed by atoms with Crippen molar-refractivity contribution in [1.82, 2.24) is 0 Å². The van der Waals surface area contributed by atoms with Crippen molar-refractivity contribution in [1.29, 1.82) is 0 Å². The molecule has 0 amide bonds. The van der Waals surface area contributed by atoms with Gasteiger partial charge in [0.15, 0.2) is 0 Å². The predicted molar refractivity (Wildman–Crippen MR) is 145 cm³/mol. The summed E-state index contributed by atoms with van der Waals surface area (Å²) in [4.78, 5) is 0. The van der Waals surface area contributed by atoms with Crippen molar-refractivity contribution in [3.63, 3.8) is 0 Å². The van der Waals surface area contributed by atoms with Gasteiger partial charge in [0.1, 0.15) is 22.3 Å². The van der Waals surface area contributed by atoms with Gasteiger partial charge in [-0.3, -0.25) is 0 Å². The van der Waals surface area contributed by atoms with Gasteiger partial charge in [-0.15, -0.1) is 0 Å². The van der Waals surface area contributed by atoms with Gasteiger partial charge in [-0.25, -0.2) is 0 Å². The smallest absolute Gasteiger partial charge is 0.143 e. The highest BCUT2D eigenvalue weighted by molar-refractivity contribution is 14.1. The van der Waals surface area contributed by atoms with Crippen LogP contribution >= 0.6 is 22.6 Å². The average molecular weight is 536 g/mol. The zero-order valence-corrected chi connectivity index (χ0v) is 19.7. The molecule has 156 valence electrons. The van der Waals surface area contributed by atoms with Crippen LogP contribution in [0.15, 0.2) is 112 Å². The second kappa shape index (κ2) is 7.22. The molecule has 5 aromatic carbocycles. The van der Waals surface area contributed by atoms with Crippen LogP contribution < -0.4 is 0 Å². The van der Waals surface area contributed by atoms with Crippen molar-refractivity contribution in [2.24, 2.45) is 0 Å². The average Bonchev–Trinajstić information content (AvgIpc) is 3.43. The molecule has 0 saturated carbocycles. The number of para-hydroxylation sites is 4. The second-order valence-electron chi connectivity index (χ2n) is 8.23. The maximum absolute atomic E-state index is 6.33. The van der Waals surface area contributed by atoms with Crippen molar-refractivity contribution < 1.29 is 8.83 Å². The Labute approximate surface area is 203 Å². The van der Waals surface area contributed by atoms with E-state index in [2.05, 4.69) is 101 Å². The minimum absolute atomic E-state index is 0.915. The zero-order chi connectivity index (χ0) is 21.9. The fourth-order valence-electron chi connectivity index (χ4n) is 4.87. The van der Waals surface area contributed by atoms with E-state index in [-0.39, 0.29) is 0 Å². The lowest BCUT2D eigenvalue weighted by molar-refractivity contribution is 0.670. The highest BCUT2D eigenvalue weighted by Crippen LogP contribution is 2.42. The van der Waals surface area contributed by atoms with Crippen LogP contribution in [-0.4, -0.2) is 0 Å². The molecule has 0 bridgehead atoms. The molecule has 0 aliphatic rings. The Morgan fingerprint density at radius 1 is 0.394 bits per heavy atom. The first-order valence-corrected chi connectivity index (χ1v) is 12.0. The highest BCUT2D eigenvalue weighted by Gasteiger charge is 2.18. The van der Waals surface area contributed by atoms with Crippen molar-refractivity contribution in [3.05, 3.63) is 107 Å². The van der Waals surface area contributed by atoms with Gasteiger partial charge in [-0.2, -0.15) is 0 Å². The van der Waals surface area contributed by atoms with Crippen LogP contribution in [0.4, 0.5) is 0 Å². The van der Waals surface area contributed by atoms with E-state index in [0.29, 0.717) is 0 Å². The third kappa shape index (κ3) is 2.79. The molecule has 0 spiro atoms. The fourth-order valence-corrected chi connectivity index (χ4v) is 5.81. The van der Waals surface area contributed by atoms with E-state index >= 15 is 0 Å². The van der Waals surface area contributed by atoms with Gasteiger partial charge in [-0.05, 0) is 45.9 Å². The number of furan rings is 2. The largest absolute Gasteiger partial charge is 0.455 e. The fraction of sp³-hybridized carbons (Fsp3) is 0. The summed E-state index contributed by atoms with van der Waals surface area (Å²) in [6.07, 6.45) is 0. The van der Waals surface area contributed by atoms with Crippen molar-refractivity contribution >= 4 is 66.5 Å². The van der Waals surface area contributed by atoms with E-state index in [1.807, 2.05) is 24.3 Å². The molecule has 0 radical (unpaired) electrons. The van der Waals surface area contributed by atoms with Crippen LogP contribution in [0.3, 0.4) is 0 Å². The monoisotopic (exact) mass is 536 g/mol. The minimum Gasteiger partial charge on any atom is -0.455 e. The quantitative estimate of drug-likeness (QED) is 0.206. The molecule has 0 aliphatic carbocycles. The van der Waals surface area contributed by atoms with E-state index in [1.54, 1.807) is 0 Å². The summed E-state index contributed by atoms with van der Waals surface area (Å²) in [5.74, 6) is 0. The summed E-state index contributed by atoms with van der Waals surface area (Å²) < 4.78 is 13.8. The Morgan fingerprint density at radius 3 is 1.30 bits per heavy atom. The van der Waals surface area contributed by atoms with Gasteiger partial charge < -0.3 is 8.83 Å². The molecule has 0 N–H and O–H groups in total. The molecule has 2 nitrogen and oxygen atoms in total. The van der Waals surface area contributed by atoms with Gasteiger partial charge >= 0.3 is 0 Å². The Balaban J connectivity index is 1.49. The van der Waals surface area contributed by atoms with E-state index in [1.165, 1.54) is 3.57 Å². The van der Waals surface area contributed by atoms with Gasteiger partial charge in [0.25, 0.3) is 0 Å². The van der Waals surface area contributed by atoms with Gasteiger partial charge in [0.2, 0.25) is 0 Å². The molecule has 33 heavy (non-hydrogen) atoms. The van der Waals surface area contributed by atoms with E-state index < -0.39 is 0 Å². The summed E-state index contributed by atoms with van der Waals surface area (Å²) in [6.45, 7) is 0. The number of halogens is 1. The maximum Gasteiger partial charge on any atom is 0.143 e. The predicted octanol–water partition coefficient (Wildman–Crippen LogP) is 9.42. The lowest BCUT2D eigenvalue weighted by Gasteiger charge is -2.11. The van der Waals surface area contributed by atoms with Crippen molar-refractivity contribution in [2.45, 2.75) is 0 Å². The first-order valence-electron chi connectivity index (χ1n) is 10.9. The van der Waals surface area contributed by atoms with E-state index in [0.717, 1.165) is 66.1 Å². The summed E-state index contributed by atoms with van der Waals surface area (Å²) in [5.41, 5.74) is 8.21. The minimum atomic E-state index is 0.915. The topological polar surface area (TPSA) is 26.3 Å². The molecule has 7 rings (SSSR count). The summed E-state index contributed by atoms with van der Waals surface area (Å²) in [5, 5.41) is 4.58. The Kier molecular flexibility index (Phi) is 4.15. The van der Waals surface area contributed by atoms with E-state index in [4.69, 9.17) is 8.83 Å². The Hall–Kier alpha value is -3.57. The molecule has 0 fully saturated rings. The lowest BCUT2D eigenvalue weighted by Crippen LogP contribution is -1.89. The molecule has 0 atom stereocenters. The molecule has 0 unspecified atom stereocenters. The number of hydrogen-bond acceptors (Lipinski definition) is 2. The summed E-state index contributed by atoms with van der Waals surface area (Å²) in [7, 11) is 0. The number of benzene rings is 5. The van der Waals surface area contributed by atoms with Crippen LogP contribution in [0.2, 0.25) is 0 Å². The van der Waals surface area contributed by atoms with Crippen LogP contribution in [0.5, 0.6) is 0 Å². The van der Waals surface area contributed by atoms with Gasteiger partial charge in [0, 0.05) is 36.2 Å². The molecular formula is C30H17IO2. The van der Waals surface area contributed by atoms with Crippen LogP contribution in [0, 0.1) is 3.57 Å². The summed E-state index contributed by atoms with van der Waals surface area (Å²) >= 11 is 2.47. The number of rotatable bonds is 2. The SMILES string of the molecule is Ic1c(-c2cccc3c2oc2ccccc23)cccc1-c1cccc2c1oc1ccccc12. The summed E-state index contributed by atoms with van der Waals surface area (Å²) in [6, 6.07) is 35.7. The van der Waals surface area contributed by atoms with Crippen LogP contribution in [-0.2, 0) is 0 Å². The highest BCUT2D eigenvalue weighted by atomic mass is 127. The first kappa shape index (κ1) is 18.9. The Morgan fingerprint density at radius 2 is 0.788 bits per heavy atom. The third-order valence-corrected chi connectivity index (χ3v) is 7.55. The molecular weight excluding hydrogens is 519 g/mol. The molecule has 0 aliphatic heterocycles. The molecule has 2 aromatic heterocycles. The number of fused-ring (bicyclic) bond motifs is 6. The van der Waals surface area contributed by atoms with Gasteiger partial charge in [0.05, 0.1) is 0 Å². The molecule has 2 heterocycles. The lowest BCUT2D eigenvalue weighted by atomic mass is 9.96. The standard InChI is InChI=1S/C30H17IO2/c31-28-20(24-14-6-12-22-18-8-1-3-16-26(18)32-29(22)24)10-5-11-21(28)25-15-7-13-23-19-9-2-4-17-27(19)33-30(23)25/h1-17H. The first-order chi connectivity index (χ1) is 16.3. The number of hydrogen-bond donors (Lipinski definition) is 0.